The molecule has 2 aromatic heterocycles. The molecule has 98 valence electrons. The molecule has 2 aromatic rings. The second-order valence-electron chi connectivity index (χ2n) is 4.33. The van der Waals surface area contributed by atoms with Crippen LogP contribution in [0.15, 0.2) is 44.0 Å². The molecule has 1 N–H and O–H groups in total. The number of hydrogen-bond donors (Lipinski definition) is 1. The van der Waals surface area contributed by atoms with Gasteiger partial charge in [0.15, 0.2) is 4.67 Å². The van der Waals surface area contributed by atoms with Crippen LogP contribution in [0.3, 0.4) is 0 Å². The van der Waals surface area contributed by atoms with E-state index >= 15 is 0 Å². The zero-order valence-electron chi connectivity index (χ0n) is 10.5. The van der Waals surface area contributed by atoms with Crippen LogP contribution in [0.1, 0.15) is 17.6 Å². The minimum Gasteiger partial charge on any atom is -0.468 e. The van der Waals surface area contributed by atoms with E-state index in [2.05, 4.69) is 26.1 Å². The van der Waals surface area contributed by atoms with Crippen molar-refractivity contribution in [1.82, 2.24) is 10.2 Å². The van der Waals surface area contributed by atoms with E-state index in [-0.39, 0.29) is 6.04 Å². The van der Waals surface area contributed by atoms with Gasteiger partial charge in [-0.05, 0) is 54.3 Å². The molecule has 1 unspecified atom stereocenters. The minimum absolute atomic E-state index is 0.221. The van der Waals surface area contributed by atoms with E-state index in [0.717, 1.165) is 22.7 Å². The lowest BCUT2D eigenvalue weighted by atomic mass is 10.2. The van der Waals surface area contributed by atoms with Crippen LogP contribution in [0.5, 0.6) is 0 Å². The highest BCUT2D eigenvalue weighted by Gasteiger charge is 2.16. The number of halogens is 1. The van der Waals surface area contributed by atoms with E-state index in [0.29, 0.717) is 6.54 Å². The molecule has 0 saturated heterocycles. The van der Waals surface area contributed by atoms with Crippen molar-refractivity contribution in [2.75, 3.05) is 20.6 Å². The maximum absolute atomic E-state index is 5.45. The Hall–Kier alpha value is -1.04. The van der Waals surface area contributed by atoms with Crippen molar-refractivity contribution in [3.05, 3.63) is 46.7 Å². The molecule has 0 amide bonds. The van der Waals surface area contributed by atoms with E-state index in [1.807, 2.05) is 38.4 Å². The maximum atomic E-state index is 5.45. The van der Waals surface area contributed by atoms with Gasteiger partial charge in [-0.25, -0.2) is 0 Å². The molecule has 5 heteroatoms. The number of nitrogens with zero attached hydrogens (tertiary/aromatic N) is 1. The van der Waals surface area contributed by atoms with Crippen molar-refractivity contribution < 1.29 is 8.83 Å². The van der Waals surface area contributed by atoms with Crippen LogP contribution in [0.25, 0.3) is 0 Å². The standard InChI is InChI=1S/C13H17BrN2O2/c1-16(2)11(12-4-3-7-17-12)9-15-8-10-5-6-13(14)18-10/h3-7,11,15H,8-9H2,1-2H3. The summed E-state index contributed by atoms with van der Waals surface area (Å²) in [5.74, 6) is 1.88. The Labute approximate surface area is 115 Å². The first-order valence-electron chi connectivity index (χ1n) is 5.81. The topological polar surface area (TPSA) is 41.5 Å². The van der Waals surface area contributed by atoms with Crippen LogP contribution in [0, 0.1) is 0 Å². The molecule has 0 aliphatic carbocycles. The summed E-state index contributed by atoms with van der Waals surface area (Å²) < 4.78 is 11.6. The predicted octanol–water partition coefficient (Wildman–Crippen LogP) is 3.03. The molecule has 2 rings (SSSR count). The largest absolute Gasteiger partial charge is 0.468 e. The van der Waals surface area contributed by atoms with Gasteiger partial charge in [-0.2, -0.15) is 0 Å². The fourth-order valence-electron chi connectivity index (χ4n) is 1.80. The Bertz CT molecular complexity index is 465. The van der Waals surface area contributed by atoms with E-state index in [4.69, 9.17) is 8.83 Å². The first-order valence-corrected chi connectivity index (χ1v) is 6.61. The van der Waals surface area contributed by atoms with Crippen LogP contribution >= 0.6 is 15.9 Å². The summed E-state index contributed by atoms with van der Waals surface area (Å²) in [5.41, 5.74) is 0. The molecular formula is C13H17BrN2O2. The Morgan fingerprint density at radius 2 is 2.17 bits per heavy atom. The van der Waals surface area contributed by atoms with Crippen LogP contribution in [0.4, 0.5) is 0 Å². The van der Waals surface area contributed by atoms with Gasteiger partial charge in [-0.3, -0.25) is 4.90 Å². The molecule has 0 aliphatic heterocycles. The zero-order valence-corrected chi connectivity index (χ0v) is 12.1. The molecule has 0 spiro atoms. The molecule has 0 aromatic carbocycles. The van der Waals surface area contributed by atoms with Crippen LogP contribution in [-0.2, 0) is 6.54 Å². The van der Waals surface area contributed by atoms with E-state index in [1.165, 1.54) is 0 Å². The van der Waals surface area contributed by atoms with Gasteiger partial charge in [0.05, 0.1) is 18.8 Å². The lowest BCUT2D eigenvalue weighted by molar-refractivity contribution is 0.248. The Morgan fingerprint density at radius 1 is 1.33 bits per heavy atom. The lowest BCUT2D eigenvalue weighted by Crippen LogP contribution is -2.30. The van der Waals surface area contributed by atoms with Crippen LogP contribution < -0.4 is 5.32 Å². The Morgan fingerprint density at radius 3 is 2.72 bits per heavy atom. The SMILES string of the molecule is CN(C)C(CNCc1ccc(Br)o1)c1ccco1. The summed E-state index contributed by atoms with van der Waals surface area (Å²) in [6, 6.07) is 7.98. The van der Waals surface area contributed by atoms with Gasteiger partial charge in [0.1, 0.15) is 11.5 Å². The average molecular weight is 313 g/mol. The van der Waals surface area contributed by atoms with Crippen LogP contribution in [-0.4, -0.2) is 25.5 Å². The number of furan rings is 2. The molecule has 0 saturated carbocycles. The Balaban J connectivity index is 1.87. The summed E-state index contributed by atoms with van der Waals surface area (Å²) in [6.07, 6.45) is 1.70. The number of hydrogen-bond acceptors (Lipinski definition) is 4. The van der Waals surface area contributed by atoms with Gasteiger partial charge in [0, 0.05) is 6.54 Å². The van der Waals surface area contributed by atoms with Crippen LogP contribution in [0.2, 0.25) is 0 Å². The van der Waals surface area contributed by atoms with Gasteiger partial charge in [-0.1, -0.05) is 0 Å². The highest BCUT2D eigenvalue weighted by atomic mass is 79.9. The molecule has 0 bridgehead atoms. The first-order chi connectivity index (χ1) is 8.66. The van der Waals surface area contributed by atoms with Gasteiger partial charge in [0.2, 0.25) is 0 Å². The van der Waals surface area contributed by atoms with Crippen molar-refractivity contribution in [2.45, 2.75) is 12.6 Å². The summed E-state index contributed by atoms with van der Waals surface area (Å²) in [7, 11) is 4.08. The maximum Gasteiger partial charge on any atom is 0.169 e. The second-order valence-corrected chi connectivity index (χ2v) is 5.11. The second kappa shape index (κ2) is 6.22. The van der Waals surface area contributed by atoms with Crippen molar-refractivity contribution in [1.29, 1.82) is 0 Å². The molecule has 18 heavy (non-hydrogen) atoms. The molecule has 0 aliphatic rings. The van der Waals surface area contributed by atoms with E-state index in [9.17, 15) is 0 Å². The number of likely N-dealkylation sites (N-methyl/N-ethyl adjacent to an activating group) is 1. The Kier molecular flexibility index (Phi) is 4.63. The average Bonchev–Trinajstić information content (AvgIpc) is 2.95. The summed E-state index contributed by atoms with van der Waals surface area (Å²) in [4.78, 5) is 2.13. The van der Waals surface area contributed by atoms with E-state index < -0.39 is 0 Å². The third-order valence-corrected chi connectivity index (χ3v) is 3.19. The monoisotopic (exact) mass is 312 g/mol. The van der Waals surface area contributed by atoms with Crippen molar-refractivity contribution in [3.8, 4) is 0 Å². The number of nitrogens with one attached hydrogen (secondary N) is 1. The summed E-state index contributed by atoms with van der Waals surface area (Å²) in [6.45, 7) is 1.51. The highest BCUT2D eigenvalue weighted by Crippen LogP contribution is 2.18. The summed E-state index contributed by atoms with van der Waals surface area (Å²) in [5, 5.41) is 3.37. The van der Waals surface area contributed by atoms with Gasteiger partial charge >= 0.3 is 0 Å². The lowest BCUT2D eigenvalue weighted by Gasteiger charge is -2.22. The molecule has 2 heterocycles. The minimum atomic E-state index is 0.221. The smallest absolute Gasteiger partial charge is 0.169 e. The molecular weight excluding hydrogens is 296 g/mol. The third kappa shape index (κ3) is 3.48. The molecule has 1 atom stereocenters. The number of rotatable bonds is 6. The van der Waals surface area contributed by atoms with Gasteiger partial charge in [0.25, 0.3) is 0 Å². The van der Waals surface area contributed by atoms with E-state index in [1.54, 1.807) is 6.26 Å². The molecule has 0 fully saturated rings. The fraction of sp³-hybridized carbons (Fsp3) is 0.385. The highest BCUT2D eigenvalue weighted by molar-refractivity contribution is 9.10. The predicted molar refractivity (Wildman–Crippen MR) is 73.3 cm³/mol. The van der Waals surface area contributed by atoms with Crippen molar-refractivity contribution in [2.24, 2.45) is 0 Å². The third-order valence-electron chi connectivity index (χ3n) is 2.76. The van der Waals surface area contributed by atoms with Gasteiger partial charge < -0.3 is 14.2 Å². The summed E-state index contributed by atoms with van der Waals surface area (Å²) >= 11 is 3.29. The van der Waals surface area contributed by atoms with Crippen molar-refractivity contribution in [3.63, 3.8) is 0 Å². The zero-order chi connectivity index (χ0) is 13.0. The normalized spacial score (nSPS) is 13.1. The van der Waals surface area contributed by atoms with Gasteiger partial charge in [-0.15, -0.1) is 0 Å². The van der Waals surface area contributed by atoms with Crippen molar-refractivity contribution >= 4 is 15.9 Å². The molecule has 0 radical (unpaired) electrons. The quantitative estimate of drug-likeness (QED) is 0.890. The molecule has 4 nitrogen and oxygen atoms in total. The first kappa shape index (κ1) is 13.4. The fourth-order valence-corrected chi connectivity index (χ4v) is 2.14.